The topological polar surface area (TPSA) is 12.9 Å². The zero-order valence-electron chi connectivity index (χ0n) is 5.82. The molecule has 0 spiro atoms. The molecule has 1 radical (unpaired) electrons. The number of rotatable bonds is 1. The van der Waals surface area contributed by atoms with Gasteiger partial charge >= 0.3 is 0 Å². The van der Waals surface area contributed by atoms with E-state index in [1.165, 1.54) is 17.1 Å². The Morgan fingerprint density at radius 2 is 2.00 bits per heavy atom. The molecule has 1 aromatic heterocycles. The van der Waals surface area contributed by atoms with E-state index in [0.717, 1.165) is 5.56 Å². The normalized spacial score (nSPS) is 9.82. The maximum absolute atomic E-state index is 3.92. The van der Waals surface area contributed by atoms with Crippen LogP contribution in [-0.4, -0.2) is 4.37 Å². The SMILES string of the molecule is [c]1nscc1-c1ccccc1. The van der Waals surface area contributed by atoms with Crippen molar-refractivity contribution in [3.63, 3.8) is 0 Å². The lowest BCUT2D eigenvalue weighted by Gasteiger charge is -1.92. The summed E-state index contributed by atoms with van der Waals surface area (Å²) >= 11 is 1.43. The van der Waals surface area contributed by atoms with Gasteiger partial charge in [0.1, 0.15) is 6.20 Å². The predicted molar refractivity (Wildman–Crippen MR) is 46.4 cm³/mol. The average molecular weight is 160 g/mol. The minimum absolute atomic E-state index is 1.08. The molecule has 2 rings (SSSR count). The molecule has 0 unspecified atom stereocenters. The second-order valence-corrected chi connectivity index (χ2v) is 2.84. The monoisotopic (exact) mass is 160 g/mol. The lowest BCUT2D eigenvalue weighted by Crippen LogP contribution is -1.70. The van der Waals surface area contributed by atoms with Crippen LogP contribution in [0.5, 0.6) is 0 Å². The highest BCUT2D eigenvalue weighted by molar-refractivity contribution is 7.03. The summed E-state index contributed by atoms with van der Waals surface area (Å²) in [7, 11) is 0. The summed E-state index contributed by atoms with van der Waals surface area (Å²) in [5, 5.41) is 2.00. The molecule has 0 atom stereocenters. The highest BCUT2D eigenvalue weighted by Crippen LogP contribution is 2.18. The third kappa shape index (κ3) is 1.30. The zero-order chi connectivity index (χ0) is 7.52. The van der Waals surface area contributed by atoms with Crippen molar-refractivity contribution in [2.75, 3.05) is 0 Å². The first-order valence-electron chi connectivity index (χ1n) is 3.34. The highest BCUT2D eigenvalue weighted by Gasteiger charge is 1.95. The van der Waals surface area contributed by atoms with Crippen LogP contribution < -0.4 is 0 Å². The second-order valence-electron chi connectivity index (χ2n) is 2.21. The second kappa shape index (κ2) is 2.84. The van der Waals surface area contributed by atoms with Gasteiger partial charge in [-0.3, -0.25) is 0 Å². The first-order valence-corrected chi connectivity index (χ1v) is 4.18. The van der Waals surface area contributed by atoms with E-state index in [1.54, 1.807) is 0 Å². The van der Waals surface area contributed by atoms with Crippen LogP contribution in [0.3, 0.4) is 0 Å². The van der Waals surface area contributed by atoms with Crippen LogP contribution in [0.1, 0.15) is 0 Å². The first-order chi connectivity index (χ1) is 5.47. The standard InChI is InChI=1S/C9H6NS/c1-2-4-8(5-3-1)9-6-10-11-7-9/h1-5,7H. The van der Waals surface area contributed by atoms with Gasteiger partial charge in [0, 0.05) is 10.9 Å². The summed E-state index contributed by atoms with van der Waals surface area (Å²) in [6, 6.07) is 10.1. The Labute approximate surface area is 69.5 Å². The van der Waals surface area contributed by atoms with E-state index in [1.807, 2.05) is 23.6 Å². The molecule has 2 heteroatoms. The lowest BCUT2D eigenvalue weighted by atomic mass is 10.1. The molecule has 0 saturated carbocycles. The molecule has 0 saturated heterocycles. The van der Waals surface area contributed by atoms with Gasteiger partial charge in [0.05, 0.1) is 0 Å². The lowest BCUT2D eigenvalue weighted by molar-refractivity contribution is 1.54. The molecule has 1 heterocycles. The Morgan fingerprint density at radius 3 is 2.64 bits per heavy atom. The van der Waals surface area contributed by atoms with Crippen molar-refractivity contribution in [2.45, 2.75) is 0 Å². The predicted octanol–water partition coefficient (Wildman–Crippen LogP) is 2.61. The van der Waals surface area contributed by atoms with E-state index in [0.29, 0.717) is 0 Å². The number of benzene rings is 1. The van der Waals surface area contributed by atoms with Gasteiger partial charge in [-0.2, -0.15) is 4.37 Å². The van der Waals surface area contributed by atoms with Crippen molar-refractivity contribution in [1.29, 1.82) is 0 Å². The summed E-state index contributed by atoms with van der Waals surface area (Å²) < 4.78 is 3.92. The molecule has 0 bridgehead atoms. The van der Waals surface area contributed by atoms with E-state index in [-0.39, 0.29) is 0 Å². The van der Waals surface area contributed by atoms with Crippen molar-refractivity contribution in [3.8, 4) is 11.1 Å². The maximum atomic E-state index is 3.92. The van der Waals surface area contributed by atoms with Crippen LogP contribution in [0.25, 0.3) is 11.1 Å². The number of nitrogens with zero attached hydrogens (tertiary/aromatic N) is 1. The Bertz CT molecular complexity index is 313. The van der Waals surface area contributed by atoms with E-state index < -0.39 is 0 Å². The summed E-state index contributed by atoms with van der Waals surface area (Å²) in [5.41, 5.74) is 2.26. The fourth-order valence-electron chi connectivity index (χ4n) is 0.931. The van der Waals surface area contributed by atoms with E-state index in [2.05, 4.69) is 22.7 Å². The summed E-state index contributed by atoms with van der Waals surface area (Å²) in [5.74, 6) is 0. The van der Waals surface area contributed by atoms with Gasteiger partial charge in [-0.1, -0.05) is 30.3 Å². The van der Waals surface area contributed by atoms with Crippen molar-refractivity contribution in [2.24, 2.45) is 0 Å². The molecule has 1 aromatic carbocycles. The van der Waals surface area contributed by atoms with E-state index >= 15 is 0 Å². The van der Waals surface area contributed by atoms with Gasteiger partial charge < -0.3 is 0 Å². The minimum atomic E-state index is 1.08. The molecule has 0 aliphatic rings. The van der Waals surface area contributed by atoms with Crippen LogP contribution in [0.4, 0.5) is 0 Å². The van der Waals surface area contributed by atoms with Crippen LogP contribution in [0.2, 0.25) is 0 Å². The molecule has 0 aliphatic carbocycles. The van der Waals surface area contributed by atoms with Gasteiger partial charge in [0.15, 0.2) is 0 Å². The Kier molecular flexibility index (Phi) is 1.69. The van der Waals surface area contributed by atoms with Crippen LogP contribution in [-0.2, 0) is 0 Å². The Balaban J connectivity index is 2.46. The molecular formula is C9H6NS. The molecule has 0 aliphatic heterocycles. The Hall–Kier alpha value is -1.15. The van der Waals surface area contributed by atoms with Crippen molar-refractivity contribution in [1.82, 2.24) is 4.37 Å². The molecular weight excluding hydrogens is 154 g/mol. The van der Waals surface area contributed by atoms with Gasteiger partial charge in [-0.25, -0.2) is 0 Å². The molecule has 0 fully saturated rings. The fraction of sp³-hybridized carbons (Fsp3) is 0. The van der Waals surface area contributed by atoms with Gasteiger partial charge in [0.2, 0.25) is 0 Å². The van der Waals surface area contributed by atoms with Crippen molar-refractivity contribution >= 4 is 11.5 Å². The summed E-state index contributed by atoms with van der Waals surface area (Å²) in [6.07, 6.45) is 2.92. The van der Waals surface area contributed by atoms with Crippen LogP contribution >= 0.6 is 11.5 Å². The zero-order valence-corrected chi connectivity index (χ0v) is 6.64. The van der Waals surface area contributed by atoms with Gasteiger partial charge in [-0.05, 0) is 17.1 Å². The molecule has 2 aromatic rings. The summed E-state index contributed by atoms with van der Waals surface area (Å²) in [6.45, 7) is 0. The average Bonchev–Trinajstić information content (AvgIpc) is 2.58. The number of hydrogen-bond donors (Lipinski definition) is 0. The van der Waals surface area contributed by atoms with Crippen LogP contribution in [0.15, 0.2) is 35.7 Å². The van der Waals surface area contributed by atoms with Crippen molar-refractivity contribution in [3.05, 3.63) is 41.9 Å². The van der Waals surface area contributed by atoms with E-state index in [4.69, 9.17) is 0 Å². The quantitative estimate of drug-likeness (QED) is 0.625. The molecule has 53 valence electrons. The molecule has 1 nitrogen and oxygen atoms in total. The third-order valence-corrected chi connectivity index (χ3v) is 2.01. The fourth-order valence-corrected chi connectivity index (χ4v) is 1.43. The molecule has 0 amide bonds. The van der Waals surface area contributed by atoms with Crippen LogP contribution in [0, 0.1) is 6.20 Å². The Morgan fingerprint density at radius 1 is 1.18 bits per heavy atom. The van der Waals surface area contributed by atoms with Gasteiger partial charge in [0.25, 0.3) is 0 Å². The maximum Gasteiger partial charge on any atom is 0.112 e. The largest absolute Gasteiger partial charge is 0.190 e. The minimum Gasteiger partial charge on any atom is -0.190 e. The summed E-state index contributed by atoms with van der Waals surface area (Å²) in [4.78, 5) is 0. The highest BCUT2D eigenvalue weighted by atomic mass is 32.1. The smallest absolute Gasteiger partial charge is 0.112 e. The van der Waals surface area contributed by atoms with E-state index in [9.17, 15) is 0 Å². The number of aromatic nitrogens is 1. The molecule has 11 heavy (non-hydrogen) atoms. The van der Waals surface area contributed by atoms with Crippen molar-refractivity contribution < 1.29 is 0 Å². The van der Waals surface area contributed by atoms with Gasteiger partial charge in [-0.15, -0.1) is 0 Å². The number of hydrogen-bond acceptors (Lipinski definition) is 2. The first kappa shape index (κ1) is 6.55. The third-order valence-electron chi connectivity index (χ3n) is 1.47. The molecule has 0 N–H and O–H groups in total.